The van der Waals surface area contributed by atoms with Crippen LogP contribution in [0, 0.1) is 12.7 Å². The van der Waals surface area contributed by atoms with Crippen LogP contribution in [0.1, 0.15) is 22.9 Å². The molecule has 0 aliphatic rings. The normalized spacial score (nSPS) is 13.2. The number of aryl methyl sites for hydroxylation is 1. The lowest BCUT2D eigenvalue weighted by Crippen LogP contribution is -2.19. The third kappa shape index (κ3) is 3.59. The Kier molecular flexibility index (Phi) is 4.77. The molecule has 10 heteroatoms. The molecule has 0 spiro atoms. The van der Waals surface area contributed by atoms with Gasteiger partial charge in [0, 0.05) is 18.9 Å². The van der Waals surface area contributed by atoms with Gasteiger partial charge in [0.2, 0.25) is 0 Å². The van der Waals surface area contributed by atoms with Gasteiger partial charge < -0.3 is 10.1 Å². The van der Waals surface area contributed by atoms with Gasteiger partial charge in [0.1, 0.15) is 18.0 Å². The summed E-state index contributed by atoms with van der Waals surface area (Å²) < 4.78 is 58.8. The summed E-state index contributed by atoms with van der Waals surface area (Å²) >= 11 is 0. The third-order valence-electron chi connectivity index (χ3n) is 3.74. The zero-order chi connectivity index (χ0) is 18.9. The van der Waals surface area contributed by atoms with Crippen molar-refractivity contribution in [2.24, 2.45) is 0 Å². The first kappa shape index (κ1) is 18.1. The quantitative estimate of drug-likeness (QED) is 0.699. The van der Waals surface area contributed by atoms with Crippen LogP contribution < -0.4 is 5.32 Å². The minimum atomic E-state index is -4.75. The van der Waals surface area contributed by atoms with Crippen LogP contribution in [0.3, 0.4) is 0 Å². The monoisotopic (exact) mass is 369 g/mol. The summed E-state index contributed by atoms with van der Waals surface area (Å²) in [5, 5.41) is 7.15. The Hall–Kier alpha value is -2.75. The Morgan fingerprint density at radius 2 is 2.04 bits per heavy atom. The predicted octanol–water partition coefficient (Wildman–Crippen LogP) is 3.39. The Bertz CT molecular complexity index is 925. The van der Waals surface area contributed by atoms with Crippen molar-refractivity contribution in [1.82, 2.24) is 19.6 Å². The average molecular weight is 369 g/mol. The zero-order valence-corrected chi connectivity index (χ0v) is 13.9. The van der Waals surface area contributed by atoms with Crippen molar-refractivity contribution in [2.75, 3.05) is 19.0 Å². The molecular weight excluding hydrogens is 354 g/mol. The SMILES string of the molecule is COC[C@@H](Nc1cc(C)nc2ncnn12)c1ccc(C(F)(F)F)c(F)c1. The number of benzene rings is 1. The van der Waals surface area contributed by atoms with E-state index in [9.17, 15) is 17.6 Å². The number of hydrogen-bond acceptors (Lipinski definition) is 5. The first-order valence-corrected chi connectivity index (χ1v) is 7.59. The lowest BCUT2D eigenvalue weighted by atomic mass is 10.0. The molecule has 2 heterocycles. The van der Waals surface area contributed by atoms with Crippen LogP contribution in [0.25, 0.3) is 5.78 Å². The molecule has 0 aliphatic heterocycles. The highest BCUT2D eigenvalue weighted by molar-refractivity contribution is 5.47. The summed E-state index contributed by atoms with van der Waals surface area (Å²) in [4.78, 5) is 8.21. The summed E-state index contributed by atoms with van der Waals surface area (Å²) in [7, 11) is 1.44. The van der Waals surface area contributed by atoms with Crippen LogP contribution in [0.15, 0.2) is 30.6 Å². The molecule has 0 aliphatic carbocycles. The van der Waals surface area contributed by atoms with E-state index in [2.05, 4.69) is 20.4 Å². The van der Waals surface area contributed by atoms with Gasteiger partial charge in [0.05, 0.1) is 18.2 Å². The lowest BCUT2D eigenvalue weighted by molar-refractivity contribution is -0.140. The largest absolute Gasteiger partial charge is 0.419 e. The fraction of sp³-hybridized carbons (Fsp3) is 0.312. The highest BCUT2D eigenvalue weighted by atomic mass is 19.4. The highest BCUT2D eigenvalue weighted by Gasteiger charge is 2.34. The maximum atomic E-state index is 13.9. The van der Waals surface area contributed by atoms with Crippen LogP contribution in [-0.4, -0.2) is 33.3 Å². The Balaban J connectivity index is 1.97. The topological polar surface area (TPSA) is 64.3 Å². The summed E-state index contributed by atoms with van der Waals surface area (Å²) in [6.07, 6.45) is -3.42. The first-order chi connectivity index (χ1) is 12.3. The van der Waals surface area contributed by atoms with Crippen molar-refractivity contribution in [1.29, 1.82) is 0 Å². The molecule has 1 N–H and O–H groups in total. The van der Waals surface area contributed by atoms with E-state index in [1.165, 1.54) is 24.0 Å². The average Bonchev–Trinajstić information content (AvgIpc) is 3.01. The third-order valence-corrected chi connectivity index (χ3v) is 3.74. The van der Waals surface area contributed by atoms with E-state index in [0.717, 1.165) is 12.1 Å². The van der Waals surface area contributed by atoms with Gasteiger partial charge in [0.25, 0.3) is 5.78 Å². The van der Waals surface area contributed by atoms with Crippen molar-refractivity contribution in [3.8, 4) is 0 Å². The van der Waals surface area contributed by atoms with Crippen molar-refractivity contribution in [3.63, 3.8) is 0 Å². The molecule has 0 radical (unpaired) electrons. The number of halogens is 4. The predicted molar refractivity (Wildman–Crippen MR) is 85.2 cm³/mol. The Morgan fingerprint density at radius 3 is 2.69 bits per heavy atom. The number of aromatic nitrogens is 4. The van der Waals surface area contributed by atoms with Gasteiger partial charge >= 0.3 is 6.18 Å². The molecule has 3 rings (SSSR count). The minimum Gasteiger partial charge on any atom is -0.382 e. The van der Waals surface area contributed by atoms with Crippen LogP contribution >= 0.6 is 0 Å². The van der Waals surface area contributed by atoms with Crippen LogP contribution in [-0.2, 0) is 10.9 Å². The van der Waals surface area contributed by atoms with Crippen LogP contribution in [0.2, 0.25) is 0 Å². The van der Waals surface area contributed by atoms with Crippen LogP contribution in [0.4, 0.5) is 23.4 Å². The van der Waals surface area contributed by atoms with E-state index in [4.69, 9.17) is 4.74 Å². The van der Waals surface area contributed by atoms with Gasteiger partial charge in [0.15, 0.2) is 0 Å². The highest BCUT2D eigenvalue weighted by Crippen LogP contribution is 2.33. The van der Waals surface area contributed by atoms with E-state index in [1.807, 2.05) is 0 Å². The van der Waals surface area contributed by atoms with Crippen molar-refractivity contribution in [2.45, 2.75) is 19.1 Å². The van der Waals surface area contributed by atoms with Gasteiger partial charge in [-0.1, -0.05) is 6.07 Å². The van der Waals surface area contributed by atoms with E-state index in [1.54, 1.807) is 13.0 Å². The Labute approximate surface area is 145 Å². The molecule has 1 aromatic carbocycles. The number of hydrogen-bond donors (Lipinski definition) is 1. The fourth-order valence-corrected chi connectivity index (χ4v) is 2.58. The molecule has 0 unspecified atom stereocenters. The molecule has 2 aromatic heterocycles. The maximum Gasteiger partial charge on any atom is 0.419 e. The lowest BCUT2D eigenvalue weighted by Gasteiger charge is -2.21. The summed E-state index contributed by atoms with van der Waals surface area (Å²) in [5.74, 6) is -0.468. The molecule has 1 atom stereocenters. The zero-order valence-electron chi connectivity index (χ0n) is 13.9. The van der Waals surface area contributed by atoms with E-state index in [0.29, 0.717) is 22.9 Å². The van der Waals surface area contributed by atoms with Gasteiger partial charge in [-0.3, -0.25) is 0 Å². The number of nitrogens with one attached hydrogen (secondary N) is 1. The summed E-state index contributed by atoms with van der Waals surface area (Å²) in [5.41, 5.74) is -0.335. The molecule has 138 valence electrons. The van der Waals surface area contributed by atoms with Crippen molar-refractivity contribution >= 4 is 11.6 Å². The van der Waals surface area contributed by atoms with Crippen molar-refractivity contribution < 1.29 is 22.3 Å². The van der Waals surface area contributed by atoms with Crippen LogP contribution in [0.5, 0.6) is 0 Å². The molecule has 0 saturated carbocycles. The van der Waals surface area contributed by atoms with Crippen molar-refractivity contribution in [3.05, 3.63) is 53.2 Å². The number of ether oxygens (including phenoxy) is 1. The van der Waals surface area contributed by atoms with E-state index >= 15 is 0 Å². The summed E-state index contributed by atoms with van der Waals surface area (Å²) in [6.45, 7) is 1.87. The molecule has 0 amide bonds. The number of alkyl halides is 3. The molecule has 0 fully saturated rings. The molecular formula is C16H15F4N5O. The number of nitrogens with zero attached hydrogens (tertiary/aromatic N) is 4. The van der Waals surface area contributed by atoms with Gasteiger partial charge in [-0.2, -0.15) is 27.8 Å². The first-order valence-electron chi connectivity index (χ1n) is 7.59. The second-order valence-corrected chi connectivity index (χ2v) is 5.64. The maximum absolute atomic E-state index is 13.9. The Morgan fingerprint density at radius 1 is 1.27 bits per heavy atom. The van der Waals surface area contributed by atoms with Gasteiger partial charge in [-0.05, 0) is 24.6 Å². The van der Waals surface area contributed by atoms with Gasteiger partial charge in [-0.15, -0.1) is 0 Å². The number of fused-ring (bicyclic) bond motifs is 1. The van der Waals surface area contributed by atoms with Gasteiger partial charge in [-0.25, -0.2) is 9.37 Å². The summed E-state index contributed by atoms with van der Waals surface area (Å²) in [6, 6.07) is 3.88. The molecule has 0 saturated heterocycles. The molecule has 3 aromatic rings. The molecule has 26 heavy (non-hydrogen) atoms. The number of rotatable bonds is 5. The standard InChI is InChI=1S/C16H15F4N5O/c1-9-5-14(25-15(23-9)21-8-22-25)24-13(7-26-2)10-3-4-11(12(17)6-10)16(18,19)20/h3-6,8,13,24H,7H2,1-2H3/t13-/m1/s1. The minimum absolute atomic E-state index is 0.0996. The fourth-order valence-electron chi connectivity index (χ4n) is 2.58. The van der Waals surface area contributed by atoms with E-state index < -0.39 is 23.6 Å². The second kappa shape index (κ2) is 6.87. The molecule has 0 bridgehead atoms. The molecule has 6 nitrogen and oxygen atoms in total. The number of methoxy groups -OCH3 is 1. The second-order valence-electron chi connectivity index (χ2n) is 5.64. The van der Waals surface area contributed by atoms with E-state index in [-0.39, 0.29) is 6.61 Å². The smallest absolute Gasteiger partial charge is 0.382 e. The number of anilines is 1.